The Morgan fingerprint density at radius 3 is 2.55 bits per heavy atom. The van der Waals surface area contributed by atoms with Crippen molar-refractivity contribution in [3.8, 4) is 0 Å². The first kappa shape index (κ1) is 13.7. The average molecular weight is 270 g/mol. The molecule has 0 saturated heterocycles. The van der Waals surface area contributed by atoms with E-state index in [-0.39, 0.29) is 17.2 Å². The highest BCUT2D eigenvalue weighted by molar-refractivity contribution is 5.95. The van der Waals surface area contributed by atoms with Crippen molar-refractivity contribution in [3.63, 3.8) is 0 Å². The number of carbonyl (C=O) groups excluding carboxylic acids is 2. The number of aromatic nitrogens is 2. The lowest BCUT2D eigenvalue weighted by atomic mass is 10.2. The highest BCUT2D eigenvalue weighted by atomic mass is 16.2. The van der Waals surface area contributed by atoms with Gasteiger partial charge in [-0.15, -0.1) is 0 Å². The Balaban J connectivity index is 2.08. The lowest BCUT2D eigenvalue weighted by Crippen LogP contribution is -2.27. The number of primary amides is 1. The smallest absolute Gasteiger partial charge is 0.272 e. The largest absolute Gasteiger partial charge is 0.366 e. The van der Waals surface area contributed by atoms with E-state index in [1.165, 1.54) is 23.2 Å². The van der Waals surface area contributed by atoms with E-state index in [0.717, 1.165) is 5.69 Å². The van der Waals surface area contributed by atoms with Crippen LogP contribution in [0.2, 0.25) is 0 Å². The molecule has 0 aromatic carbocycles. The van der Waals surface area contributed by atoms with Crippen LogP contribution < -0.4 is 5.73 Å². The number of rotatable bonds is 4. The molecule has 0 radical (unpaired) electrons. The summed E-state index contributed by atoms with van der Waals surface area (Å²) in [7, 11) is 1.67. The summed E-state index contributed by atoms with van der Waals surface area (Å²) in [5, 5.41) is 0. The van der Waals surface area contributed by atoms with E-state index >= 15 is 0 Å². The van der Waals surface area contributed by atoms with Crippen molar-refractivity contribution in [3.05, 3.63) is 59.7 Å². The zero-order chi connectivity index (χ0) is 14.5. The van der Waals surface area contributed by atoms with Gasteiger partial charge in [0.2, 0.25) is 5.91 Å². The Kier molecular flexibility index (Phi) is 4.05. The molecule has 2 amide bonds. The van der Waals surface area contributed by atoms with Crippen LogP contribution in [0.15, 0.2) is 42.7 Å². The summed E-state index contributed by atoms with van der Waals surface area (Å²) in [6.45, 7) is 0.388. The van der Waals surface area contributed by atoms with Gasteiger partial charge in [0, 0.05) is 19.4 Å². The van der Waals surface area contributed by atoms with E-state index in [9.17, 15) is 9.59 Å². The van der Waals surface area contributed by atoms with E-state index in [1.807, 2.05) is 18.2 Å². The Labute approximate surface area is 116 Å². The molecular formula is C14H14N4O2. The van der Waals surface area contributed by atoms with Crippen molar-refractivity contribution in [2.24, 2.45) is 5.73 Å². The van der Waals surface area contributed by atoms with Gasteiger partial charge >= 0.3 is 0 Å². The lowest BCUT2D eigenvalue weighted by molar-refractivity contribution is 0.0777. The van der Waals surface area contributed by atoms with Crippen LogP contribution in [0.4, 0.5) is 0 Å². The van der Waals surface area contributed by atoms with Gasteiger partial charge < -0.3 is 10.6 Å². The molecule has 2 heterocycles. The molecule has 0 atom stereocenters. The first-order valence-corrected chi connectivity index (χ1v) is 5.99. The molecule has 0 fully saturated rings. The Morgan fingerprint density at radius 2 is 2.00 bits per heavy atom. The van der Waals surface area contributed by atoms with Crippen LogP contribution >= 0.6 is 0 Å². The van der Waals surface area contributed by atoms with Crippen LogP contribution in [0, 0.1) is 0 Å². The minimum absolute atomic E-state index is 0.244. The predicted molar refractivity (Wildman–Crippen MR) is 72.8 cm³/mol. The summed E-state index contributed by atoms with van der Waals surface area (Å²) in [6, 6.07) is 8.48. The van der Waals surface area contributed by atoms with E-state index < -0.39 is 5.91 Å². The topological polar surface area (TPSA) is 89.2 Å². The van der Waals surface area contributed by atoms with Gasteiger partial charge in [0.05, 0.1) is 17.8 Å². The van der Waals surface area contributed by atoms with E-state index in [2.05, 4.69) is 9.97 Å². The number of carbonyl (C=O) groups is 2. The molecule has 2 rings (SSSR count). The zero-order valence-corrected chi connectivity index (χ0v) is 11.0. The molecule has 0 saturated carbocycles. The zero-order valence-electron chi connectivity index (χ0n) is 11.0. The van der Waals surface area contributed by atoms with Crippen LogP contribution in [0.1, 0.15) is 26.5 Å². The third-order valence-electron chi connectivity index (χ3n) is 2.74. The van der Waals surface area contributed by atoms with Gasteiger partial charge in [-0.05, 0) is 24.3 Å². The summed E-state index contributed by atoms with van der Waals surface area (Å²) in [5.74, 6) is -0.815. The highest BCUT2D eigenvalue weighted by Gasteiger charge is 2.14. The number of pyridine rings is 2. The molecule has 0 bridgehead atoms. The molecular weight excluding hydrogens is 256 g/mol. The molecule has 6 heteroatoms. The van der Waals surface area contributed by atoms with Crippen molar-refractivity contribution in [2.75, 3.05) is 7.05 Å². The average Bonchev–Trinajstić information content (AvgIpc) is 2.47. The molecule has 0 aliphatic carbocycles. The number of nitrogens with zero attached hydrogens (tertiary/aromatic N) is 3. The number of hydrogen-bond acceptors (Lipinski definition) is 4. The quantitative estimate of drug-likeness (QED) is 0.891. The fraction of sp³-hybridized carbons (Fsp3) is 0.143. The first-order chi connectivity index (χ1) is 9.58. The summed E-state index contributed by atoms with van der Waals surface area (Å²) >= 11 is 0. The van der Waals surface area contributed by atoms with Crippen molar-refractivity contribution >= 4 is 11.8 Å². The molecule has 6 nitrogen and oxygen atoms in total. The second-order valence-electron chi connectivity index (χ2n) is 4.28. The molecule has 2 N–H and O–H groups in total. The third kappa shape index (κ3) is 3.17. The second kappa shape index (κ2) is 5.92. The van der Waals surface area contributed by atoms with Crippen LogP contribution in [0.5, 0.6) is 0 Å². The monoisotopic (exact) mass is 270 g/mol. The van der Waals surface area contributed by atoms with Crippen LogP contribution in [0.3, 0.4) is 0 Å². The van der Waals surface area contributed by atoms with Gasteiger partial charge in [-0.1, -0.05) is 6.07 Å². The fourth-order valence-electron chi connectivity index (χ4n) is 1.67. The number of nitrogens with two attached hydrogens (primary N) is 1. The Bertz CT molecular complexity index is 611. The van der Waals surface area contributed by atoms with Gasteiger partial charge in [0.15, 0.2) is 0 Å². The molecule has 0 aliphatic rings. The van der Waals surface area contributed by atoms with E-state index in [4.69, 9.17) is 5.73 Å². The number of amides is 2. The van der Waals surface area contributed by atoms with Gasteiger partial charge in [0.1, 0.15) is 5.69 Å². The minimum Gasteiger partial charge on any atom is -0.366 e. The predicted octanol–water partition coefficient (Wildman–Crippen LogP) is 0.848. The molecule has 2 aromatic rings. The van der Waals surface area contributed by atoms with Crippen molar-refractivity contribution in [2.45, 2.75) is 6.54 Å². The summed E-state index contributed by atoms with van der Waals surface area (Å²) in [6.07, 6.45) is 2.97. The molecule has 102 valence electrons. The normalized spacial score (nSPS) is 10.1. The summed E-state index contributed by atoms with van der Waals surface area (Å²) < 4.78 is 0. The Morgan fingerprint density at radius 1 is 1.20 bits per heavy atom. The van der Waals surface area contributed by atoms with Gasteiger partial charge in [-0.25, -0.2) is 0 Å². The Hall–Kier alpha value is -2.76. The van der Waals surface area contributed by atoms with E-state index in [1.54, 1.807) is 13.2 Å². The minimum atomic E-state index is -0.571. The molecule has 0 aliphatic heterocycles. The molecule has 0 spiro atoms. The highest BCUT2D eigenvalue weighted by Crippen LogP contribution is 2.06. The van der Waals surface area contributed by atoms with Gasteiger partial charge in [-0.2, -0.15) is 0 Å². The van der Waals surface area contributed by atoms with Gasteiger partial charge in [0.25, 0.3) is 5.91 Å². The van der Waals surface area contributed by atoms with Crippen LogP contribution in [-0.2, 0) is 6.54 Å². The van der Waals surface area contributed by atoms with Crippen LogP contribution in [0.25, 0.3) is 0 Å². The SMILES string of the molecule is CN(Cc1ccccn1)C(=O)c1ccc(C(N)=O)cn1. The maximum Gasteiger partial charge on any atom is 0.272 e. The first-order valence-electron chi connectivity index (χ1n) is 5.99. The molecule has 0 unspecified atom stereocenters. The molecule has 2 aromatic heterocycles. The summed E-state index contributed by atoms with van der Waals surface area (Å²) in [5.41, 5.74) is 6.44. The third-order valence-corrected chi connectivity index (χ3v) is 2.74. The molecule has 20 heavy (non-hydrogen) atoms. The second-order valence-corrected chi connectivity index (χ2v) is 4.28. The van der Waals surface area contributed by atoms with Crippen molar-refractivity contribution < 1.29 is 9.59 Å². The van der Waals surface area contributed by atoms with Crippen LogP contribution in [-0.4, -0.2) is 33.7 Å². The van der Waals surface area contributed by atoms with Gasteiger partial charge in [-0.3, -0.25) is 19.6 Å². The van der Waals surface area contributed by atoms with Crippen molar-refractivity contribution in [1.29, 1.82) is 0 Å². The maximum atomic E-state index is 12.1. The maximum absolute atomic E-state index is 12.1. The standard InChI is InChI=1S/C14H14N4O2/c1-18(9-11-4-2-3-7-16-11)14(20)12-6-5-10(8-17-12)13(15)19/h2-8H,9H2,1H3,(H2,15,19). The number of hydrogen-bond donors (Lipinski definition) is 1. The van der Waals surface area contributed by atoms with Crippen molar-refractivity contribution in [1.82, 2.24) is 14.9 Å². The lowest BCUT2D eigenvalue weighted by Gasteiger charge is -2.16. The summed E-state index contributed by atoms with van der Waals surface area (Å²) in [4.78, 5) is 32.7. The van der Waals surface area contributed by atoms with E-state index in [0.29, 0.717) is 6.54 Å². The fourth-order valence-corrected chi connectivity index (χ4v) is 1.67.